The van der Waals surface area contributed by atoms with E-state index in [0.717, 1.165) is 30.5 Å². The van der Waals surface area contributed by atoms with Gasteiger partial charge in [0, 0.05) is 31.4 Å². The van der Waals surface area contributed by atoms with E-state index in [0.29, 0.717) is 0 Å². The SMILES string of the molecule is CNC1=C(C=N)CCC(N)C1. The smallest absolute Gasteiger partial charge is 0.0227 e. The lowest BCUT2D eigenvalue weighted by molar-refractivity contribution is 0.559. The van der Waals surface area contributed by atoms with Gasteiger partial charge in [0.1, 0.15) is 0 Å². The second kappa shape index (κ2) is 3.53. The summed E-state index contributed by atoms with van der Waals surface area (Å²) in [5, 5.41) is 10.2. The van der Waals surface area contributed by atoms with Crippen molar-refractivity contribution in [2.45, 2.75) is 25.3 Å². The van der Waals surface area contributed by atoms with Gasteiger partial charge in [0.05, 0.1) is 0 Å². The van der Waals surface area contributed by atoms with Crippen molar-refractivity contribution >= 4 is 6.21 Å². The summed E-state index contributed by atoms with van der Waals surface area (Å²) in [7, 11) is 1.89. The van der Waals surface area contributed by atoms with Gasteiger partial charge in [-0.15, -0.1) is 0 Å². The van der Waals surface area contributed by atoms with E-state index >= 15 is 0 Å². The van der Waals surface area contributed by atoms with E-state index in [1.54, 1.807) is 0 Å². The molecule has 0 spiro atoms. The lowest BCUT2D eigenvalue weighted by atomic mass is 9.93. The Kier molecular flexibility index (Phi) is 2.65. The fourth-order valence-corrected chi connectivity index (χ4v) is 1.41. The maximum absolute atomic E-state index is 7.13. The molecule has 0 saturated heterocycles. The van der Waals surface area contributed by atoms with E-state index in [-0.39, 0.29) is 6.04 Å². The van der Waals surface area contributed by atoms with Crippen LogP contribution in [0.3, 0.4) is 0 Å². The van der Waals surface area contributed by atoms with Crippen LogP contribution in [0.1, 0.15) is 19.3 Å². The lowest BCUT2D eigenvalue weighted by Crippen LogP contribution is -2.28. The first-order chi connectivity index (χ1) is 5.27. The minimum absolute atomic E-state index is 0.279. The number of rotatable bonds is 2. The topological polar surface area (TPSA) is 61.9 Å². The zero-order valence-corrected chi connectivity index (χ0v) is 6.85. The molecule has 1 aliphatic carbocycles. The third kappa shape index (κ3) is 1.80. The van der Waals surface area contributed by atoms with Crippen LogP contribution in [-0.4, -0.2) is 19.3 Å². The minimum atomic E-state index is 0.279. The molecule has 1 unspecified atom stereocenters. The first-order valence-electron chi connectivity index (χ1n) is 3.93. The van der Waals surface area contributed by atoms with Crippen molar-refractivity contribution in [1.29, 1.82) is 5.41 Å². The van der Waals surface area contributed by atoms with E-state index in [2.05, 4.69) is 5.32 Å². The molecule has 0 amide bonds. The highest BCUT2D eigenvalue weighted by Crippen LogP contribution is 2.20. The zero-order chi connectivity index (χ0) is 8.27. The Balaban J connectivity index is 2.74. The van der Waals surface area contributed by atoms with Crippen molar-refractivity contribution in [3.63, 3.8) is 0 Å². The molecule has 62 valence electrons. The van der Waals surface area contributed by atoms with Gasteiger partial charge in [-0.25, -0.2) is 0 Å². The molecule has 3 nitrogen and oxygen atoms in total. The van der Waals surface area contributed by atoms with Crippen molar-refractivity contribution in [2.24, 2.45) is 5.73 Å². The first-order valence-corrected chi connectivity index (χ1v) is 3.93. The molecular weight excluding hydrogens is 138 g/mol. The van der Waals surface area contributed by atoms with Gasteiger partial charge in [-0.3, -0.25) is 0 Å². The van der Waals surface area contributed by atoms with Gasteiger partial charge in [0.25, 0.3) is 0 Å². The van der Waals surface area contributed by atoms with Crippen LogP contribution in [0.25, 0.3) is 0 Å². The van der Waals surface area contributed by atoms with Crippen LogP contribution < -0.4 is 11.1 Å². The largest absolute Gasteiger partial charge is 0.391 e. The second-order valence-electron chi connectivity index (χ2n) is 2.90. The van der Waals surface area contributed by atoms with E-state index in [1.165, 1.54) is 6.21 Å². The van der Waals surface area contributed by atoms with E-state index in [4.69, 9.17) is 11.1 Å². The quantitative estimate of drug-likeness (QED) is 0.509. The molecule has 0 saturated carbocycles. The molecule has 0 aliphatic heterocycles. The van der Waals surface area contributed by atoms with Gasteiger partial charge in [0.2, 0.25) is 0 Å². The van der Waals surface area contributed by atoms with Crippen molar-refractivity contribution < 1.29 is 0 Å². The minimum Gasteiger partial charge on any atom is -0.391 e. The molecule has 0 aromatic carbocycles. The Morgan fingerprint density at radius 3 is 3.00 bits per heavy atom. The zero-order valence-electron chi connectivity index (χ0n) is 6.85. The van der Waals surface area contributed by atoms with Gasteiger partial charge in [-0.1, -0.05) is 0 Å². The molecule has 3 heteroatoms. The monoisotopic (exact) mass is 153 g/mol. The summed E-state index contributed by atoms with van der Waals surface area (Å²) in [4.78, 5) is 0. The normalized spacial score (nSPS) is 25.1. The van der Waals surface area contributed by atoms with Crippen molar-refractivity contribution in [3.05, 3.63) is 11.3 Å². The Hall–Kier alpha value is -0.830. The highest BCUT2D eigenvalue weighted by atomic mass is 14.9. The number of nitrogens with two attached hydrogens (primary N) is 1. The maximum Gasteiger partial charge on any atom is 0.0227 e. The number of allylic oxidation sites excluding steroid dienone is 1. The molecular formula is C8H15N3. The van der Waals surface area contributed by atoms with Crippen LogP contribution in [-0.2, 0) is 0 Å². The van der Waals surface area contributed by atoms with Crippen LogP contribution in [0.5, 0.6) is 0 Å². The average molecular weight is 153 g/mol. The van der Waals surface area contributed by atoms with Crippen molar-refractivity contribution in [1.82, 2.24) is 5.32 Å². The molecule has 0 bridgehead atoms. The van der Waals surface area contributed by atoms with Crippen molar-refractivity contribution in [2.75, 3.05) is 7.05 Å². The second-order valence-corrected chi connectivity index (χ2v) is 2.90. The van der Waals surface area contributed by atoms with Crippen molar-refractivity contribution in [3.8, 4) is 0 Å². The molecule has 0 aromatic heterocycles. The van der Waals surface area contributed by atoms with E-state index in [9.17, 15) is 0 Å². The maximum atomic E-state index is 7.13. The van der Waals surface area contributed by atoms with Crippen LogP contribution in [0, 0.1) is 5.41 Å². The van der Waals surface area contributed by atoms with E-state index in [1.807, 2.05) is 7.05 Å². The predicted molar refractivity (Wildman–Crippen MR) is 46.7 cm³/mol. The summed E-state index contributed by atoms with van der Waals surface area (Å²) in [6.07, 6.45) is 4.27. The summed E-state index contributed by atoms with van der Waals surface area (Å²) in [5.74, 6) is 0. The standard InChI is InChI=1S/C8H15N3/c1-11-8-4-7(10)3-2-6(8)5-9/h5,7,9,11H,2-4,10H2,1H3. The molecule has 0 aromatic rings. The van der Waals surface area contributed by atoms with Gasteiger partial charge in [-0.05, 0) is 18.4 Å². The summed E-state index contributed by atoms with van der Waals surface area (Å²) >= 11 is 0. The lowest BCUT2D eigenvalue weighted by Gasteiger charge is -2.22. The molecule has 1 atom stereocenters. The first kappa shape index (κ1) is 8.27. The summed E-state index contributed by atoms with van der Waals surface area (Å²) in [5.41, 5.74) is 8.01. The van der Waals surface area contributed by atoms with Gasteiger partial charge >= 0.3 is 0 Å². The third-order valence-electron chi connectivity index (χ3n) is 2.11. The molecule has 1 aliphatic rings. The summed E-state index contributed by atoms with van der Waals surface area (Å²) in [6.45, 7) is 0. The number of hydrogen-bond acceptors (Lipinski definition) is 3. The summed E-state index contributed by atoms with van der Waals surface area (Å²) < 4.78 is 0. The third-order valence-corrected chi connectivity index (χ3v) is 2.11. The number of hydrogen-bond donors (Lipinski definition) is 3. The fraction of sp³-hybridized carbons (Fsp3) is 0.625. The molecule has 0 heterocycles. The summed E-state index contributed by atoms with van der Waals surface area (Å²) in [6, 6.07) is 0.279. The molecule has 0 radical (unpaired) electrons. The Morgan fingerprint density at radius 2 is 2.45 bits per heavy atom. The van der Waals surface area contributed by atoms with Crippen LogP contribution in [0.2, 0.25) is 0 Å². The van der Waals surface area contributed by atoms with Crippen LogP contribution >= 0.6 is 0 Å². The highest BCUT2D eigenvalue weighted by Gasteiger charge is 2.15. The highest BCUT2D eigenvalue weighted by molar-refractivity contribution is 5.77. The van der Waals surface area contributed by atoms with Crippen LogP contribution in [0.4, 0.5) is 0 Å². The molecule has 0 fully saturated rings. The molecule has 4 N–H and O–H groups in total. The van der Waals surface area contributed by atoms with E-state index < -0.39 is 0 Å². The van der Waals surface area contributed by atoms with Gasteiger partial charge in [0.15, 0.2) is 0 Å². The van der Waals surface area contributed by atoms with Gasteiger partial charge in [-0.2, -0.15) is 0 Å². The van der Waals surface area contributed by atoms with Gasteiger partial charge < -0.3 is 16.5 Å². The predicted octanol–water partition coefficient (Wildman–Crippen LogP) is 0.621. The fourth-order valence-electron chi connectivity index (χ4n) is 1.41. The number of nitrogens with one attached hydrogen (secondary N) is 2. The average Bonchev–Trinajstić information content (AvgIpc) is 2.04. The van der Waals surface area contributed by atoms with Crippen LogP contribution in [0.15, 0.2) is 11.3 Å². The Labute approximate surface area is 67.2 Å². The molecule has 11 heavy (non-hydrogen) atoms. The molecule has 1 rings (SSSR count). The Bertz CT molecular complexity index is 184. The Morgan fingerprint density at radius 1 is 1.73 bits per heavy atom.